The van der Waals surface area contributed by atoms with Crippen LogP contribution in [0.2, 0.25) is 0 Å². The van der Waals surface area contributed by atoms with Gasteiger partial charge in [0, 0.05) is 37.4 Å². The van der Waals surface area contributed by atoms with Crippen LogP contribution in [0.4, 0.5) is 0 Å². The fourth-order valence-electron chi connectivity index (χ4n) is 1.64. The fourth-order valence-corrected chi connectivity index (χ4v) is 1.64. The van der Waals surface area contributed by atoms with Crippen molar-refractivity contribution in [2.75, 3.05) is 6.54 Å². The highest BCUT2D eigenvalue weighted by Gasteiger charge is 2.42. The molecule has 18 heavy (non-hydrogen) atoms. The molecule has 102 valence electrons. The van der Waals surface area contributed by atoms with Gasteiger partial charge in [-0.2, -0.15) is 5.10 Å². The molecular formula is C13H23N3O2. The van der Waals surface area contributed by atoms with E-state index in [1.54, 1.807) is 20.0 Å². The number of aliphatic carboxylic acids is 1. The Morgan fingerprint density at radius 2 is 2.06 bits per heavy atom. The number of nitrogens with zero attached hydrogens (tertiary/aromatic N) is 2. The van der Waals surface area contributed by atoms with Crippen molar-refractivity contribution < 1.29 is 9.90 Å². The van der Waals surface area contributed by atoms with Crippen molar-refractivity contribution in [3.63, 3.8) is 0 Å². The van der Waals surface area contributed by atoms with E-state index in [1.165, 1.54) is 0 Å². The molecule has 2 N–H and O–H groups in total. The van der Waals surface area contributed by atoms with Crippen LogP contribution < -0.4 is 5.32 Å². The second-order valence-corrected chi connectivity index (χ2v) is 5.68. The minimum absolute atomic E-state index is 0.475. The van der Waals surface area contributed by atoms with Crippen LogP contribution in [0.15, 0.2) is 12.3 Å². The van der Waals surface area contributed by atoms with Crippen LogP contribution >= 0.6 is 0 Å². The molecule has 0 amide bonds. The van der Waals surface area contributed by atoms with Crippen LogP contribution in [0.1, 0.15) is 33.4 Å². The molecule has 0 unspecified atom stereocenters. The molecule has 0 saturated heterocycles. The fraction of sp³-hybridized carbons (Fsp3) is 0.692. The van der Waals surface area contributed by atoms with Gasteiger partial charge in [-0.15, -0.1) is 0 Å². The van der Waals surface area contributed by atoms with Crippen molar-refractivity contribution in [1.82, 2.24) is 15.1 Å². The third-order valence-electron chi connectivity index (χ3n) is 3.97. The van der Waals surface area contributed by atoms with E-state index in [9.17, 15) is 9.90 Å². The lowest BCUT2D eigenvalue weighted by Gasteiger charge is -2.39. The highest BCUT2D eigenvalue weighted by molar-refractivity contribution is 5.75. The Morgan fingerprint density at radius 1 is 1.44 bits per heavy atom. The monoisotopic (exact) mass is 253 g/mol. The SMILES string of the molecule is Cn1nccc1CCNC(C)(C)C(C)(C)C(=O)O. The first kappa shape index (κ1) is 14.7. The van der Waals surface area contributed by atoms with Gasteiger partial charge in [0.05, 0.1) is 5.41 Å². The second kappa shape index (κ2) is 5.10. The van der Waals surface area contributed by atoms with Crippen molar-refractivity contribution in [3.8, 4) is 0 Å². The lowest BCUT2D eigenvalue weighted by atomic mass is 9.74. The largest absolute Gasteiger partial charge is 0.481 e. The van der Waals surface area contributed by atoms with Gasteiger partial charge in [-0.3, -0.25) is 9.48 Å². The number of nitrogens with one attached hydrogen (secondary N) is 1. The maximum atomic E-state index is 11.3. The predicted molar refractivity (Wildman–Crippen MR) is 70.4 cm³/mol. The zero-order valence-electron chi connectivity index (χ0n) is 11.8. The van der Waals surface area contributed by atoms with Gasteiger partial charge in [0.25, 0.3) is 0 Å². The smallest absolute Gasteiger partial charge is 0.310 e. The van der Waals surface area contributed by atoms with E-state index in [4.69, 9.17) is 0 Å². The van der Waals surface area contributed by atoms with Gasteiger partial charge in [-0.05, 0) is 33.8 Å². The van der Waals surface area contributed by atoms with E-state index in [-0.39, 0.29) is 0 Å². The Bertz CT molecular complexity index is 422. The molecule has 0 aromatic carbocycles. The van der Waals surface area contributed by atoms with Crippen LogP contribution in [0.25, 0.3) is 0 Å². The van der Waals surface area contributed by atoms with Crippen molar-refractivity contribution in [2.24, 2.45) is 12.5 Å². The van der Waals surface area contributed by atoms with Gasteiger partial charge in [0.15, 0.2) is 0 Å². The Labute approximate surface area is 108 Å². The van der Waals surface area contributed by atoms with Gasteiger partial charge in [-0.25, -0.2) is 0 Å². The summed E-state index contributed by atoms with van der Waals surface area (Å²) >= 11 is 0. The van der Waals surface area contributed by atoms with Crippen molar-refractivity contribution in [2.45, 2.75) is 39.7 Å². The average Bonchev–Trinajstić information content (AvgIpc) is 2.63. The van der Waals surface area contributed by atoms with Crippen LogP contribution in [0, 0.1) is 5.41 Å². The van der Waals surface area contributed by atoms with Crippen molar-refractivity contribution in [1.29, 1.82) is 0 Å². The number of hydrogen-bond donors (Lipinski definition) is 2. The molecular weight excluding hydrogens is 230 g/mol. The molecule has 0 aliphatic carbocycles. The quantitative estimate of drug-likeness (QED) is 0.805. The van der Waals surface area contributed by atoms with Crippen LogP contribution in [-0.2, 0) is 18.3 Å². The molecule has 1 aromatic rings. The van der Waals surface area contributed by atoms with Crippen LogP contribution in [0.3, 0.4) is 0 Å². The summed E-state index contributed by atoms with van der Waals surface area (Å²) in [6, 6.07) is 1.97. The maximum Gasteiger partial charge on any atom is 0.310 e. The normalized spacial score (nSPS) is 12.7. The molecule has 5 nitrogen and oxygen atoms in total. The molecule has 0 radical (unpaired) electrons. The van der Waals surface area contributed by atoms with Crippen LogP contribution in [-0.4, -0.2) is 32.9 Å². The Morgan fingerprint density at radius 3 is 2.50 bits per heavy atom. The Hall–Kier alpha value is -1.36. The lowest BCUT2D eigenvalue weighted by molar-refractivity contribution is -0.151. The number of aromatic nitrogens is 2. The van der Waals surface area contributed by atoms with Crippen LogP contribution in [0.5, 0.6) is 0 Å². The molecule has 0 fully saturated rings. The van der Waals surface area contributed by atoms with E-state index >= 15 is 0 Å². The predicted octanol–water partition coefficient (Wildman–Crippen LogP) is 1.44. The summed E-state index contributed by atoms with van der Waals surface area (Å²) in [6.45, 7) is 8.05. The van der Waals surface area contributed by atoms with Gasteiger partial charge >= 0.3 is 5.97 Å². The number of carbonyl (C=O) groups is 1. The van der Waals surface area contributed by atoms with Gasteiger partial charge in [-0.1, -0.05) is 0 Å². The van der Waals surface area contributed by atoms with Gasteiger partial charge in [0.2, 0.25) is 0 Å². The third kappa shape index (κ3) is 2.90. The molecule has 0 saturated carbocycles. The average molecular weight is 253 g/mol. The molecule has 1 rings (SSSR count). The topological polar surface area (TPSA) is 67.2 Å². The van der Waals surface area contributed by atoms with Gasteiger partial charge < -0.3 is 10.4 Å². The van der Waals surface area contributed by atoms with Gasteiger partial charge in [0.1, 0.15) is 0 Å². The summed E-state index contributed by atoms with van der Waals surface area (Å²) in [5.41, 5.74) is -0.164. The number of aryl methyl sites for hydroxylation is 1. The standard InChI is InChI=1S/C13H23N3O2/c1-12(2,11(17)18)13(3,4)14-8-6-10-7-9-15-16(10)5/h7,9,14H,6,8H2,1-5H3,(H,17,18). The first-order chi connectivity index (χ1) is 8.18. The summed E-state index contributed by atoms with van der Waals surface area (Å²) < 4.78 is 1.83. The molecule has 1 heterocycles. The zero-order chi connectivity index (χ0) is 14.0. The minimum atomic E-state index is -0.820. The Kier molecular flexibility index (Phi) is 4.16. The molecule has 5 heteroatoms. The zero-order valence-corrected chi connectivity index (χ0v) is 11.8. The minimum Gasteiger partial charge on any atom is -0.481 e. The second-order valence-electron chi connectivity index (χ2n) is 5.68. The first-order valence-corrected chi connectivity index (χ1v) is 6.14. The summed E-state index contributed by atoms with van der Waals surface area (Å²) in [5.74, 6) is -0.791. The summed E-state index contributed by atoms with van der Waals surface area (Å²) in [5, 5.41) is 16.7. The Balaban J connectivity index is 2.57. The summed E-state index contributed by atoms with van der Waals surface area (Å²) in [6.07, 6.45) is 2.59. The number of carboxylic acid groups (broad SMARTS) is 1. The lowest BCUT2D eigenvalue weighted by Crippen LogP contribution is -2.55. The van der Waals surface area contributed by atoms with E-state index in [1.807, 2.05) is 31.6 Å². The number of hydrogen-bond acceptors (Lipinski definition) is 3. The number of carboxylic acids is 1. The van der Waals surface area contributed by atoms with E-state index in [0.717, 1.165) is 18.7 Å². The molecule has 0 bridgehead atoms. The molecule has 1 aromatic heterocycles. The highest BCUT2D eigenvalue weighted by Crippen LogP contribution is 2.30. The van der Waals surface area contributed by atoms with E-state index in [0.29, 0.717) is 0 Å². The number of rotatable bonds is 6. The molecule has 0 atom stereocenters. The van der Waals surface area contributed by atoms with Crippen molar-refractivity contribution in [3.05, 3.63) is 18.0 Å². The summed E-state index contributed by atoms with van der Waals surface area (Å²) in [7, 11) is 1.90. The third-order valence-corrected chi connectivity index (χ3v) is 3.97. The van der Waals surface area contributed by atoms with E-state index in [2.05, 4.69) is 10.4 Å². The molecule has 0 aliphatic rings. The van der Waals surface area contributed by atoms with E-state index < -0.39 is 16.9 Å². The molecule has 0 aliphatic heterocycles. The molecule has 0 spiro atoms. The van der Waals surface area contributed by atoms with Crippen molar-refractivity contribution >= 4 is 5.97 Å². The highest BCUT2D eigenvalue weighted by atomic mass is 16.4. The maximum absolute atomic E-state index is 11.3. The summed E-state index contributed by atoms with van der Waals surface area (Å²) in [4.78, 5) is 11.3. The first-order valence-electron chi connectivity index (χ1n) is 6.14.